The zero-order chi connectivity index (χ0) is 16.7. The monoisotopic (exact) mass is 364 g/mol. The van der Waals surface area contributed by atoms with Gasteiger partial charge in [-0.25, -0.2) is 4.79 Å². The fourth-order valence-electron chi connectivity index (χ4n) is 3.71. The molecule has 2 unspecified atom stereocenters. The van der Waals surface area contributed by atoms with Crippen LogP contribution in [0.15, 0.2) is 18.3 Å². The first-order valence-electron chi connectivity index (χ1n) is 8.16. The Balaban J connectivity index is 1.39. The lowest BCUT2D eigenvalue weighted by molar-refractivity contribution is 0.231. The summed E-state index contributed by atoms with van der Waals surface area (Å²) in [6, 6.07) is 3.76. The van der Waals surface area contributed by atoms with E-state index in [9.17, 15) is 4.79 Å². The second-order valence-corrected chi connectivity index (χ2v) is 7.24. The van der Waals surface area contributed by atoms with Gasteiger partial charge in [-0.1, -0.05) is 29.3 Å². The van der Waals surface area contributed by atoms with Crippen molar-refractivity contribution in [1.82, 2.24) is 20.8 Å². The van der Waals surface area contributed by atoms with Crippen LogP contribution in [0.4, 0.5) is 4.79 Å². The van der Waals surface area contributed by atoms with E-state index in [-0.39, 0.29) is 18.1 Å². The van der Waals surface area contributed by atoms with E-state index < -0.39 is 0 Å². The number of H-pyrrole nitrogens is 1. The molecule has 5 nitrogen and oxygen atoms in total. The minimum Gasteiger partial charge on any atom is -0.335 e. The molecule has 0 radical (unpaired) electrons. The maximum Gasteiger partial charge on any atom is 0.315 e. The first kappa shape index (κ1) is 15.8. The lowest BCUT2D eigenvalue weighted by atomic mass is 9.94. The van der Waals surface area contributed by atoms with Crippen molar-refractivity contribution in [2.75, 3.05) is 0 Å². The molecular weight excluding hydrogens is 347 g/mol. The van der Waals surface area contributed by atoms with Gasteiger partial charge in [0.25, 0.3) is 0 Å². The van der Waals surface area contributed by atoms with Gasteiger partial charge in [0.15, 0.2) is 0 Å². The maximum absolute atomic E-state index is 12.4. The predicted octanol–water partition coefficient (Wildman–Crippen LogP) is 3.56. The van der Waals surface area contributed by atoms with E-state index in [2.05, 4.69) is 20.8 Å². The number of benzene rings is 1. The number of carbonyl (C=O) groups is 1. The maximum atomic E-state index is 12.4. The largest absolute Gasteiger partial charge is 0.335 e. The second-order valence-electron chi connectivity index (χ2n) is 6.45. The molecule has 0 bridgehead atoms. The van der Waals surface area contributed by atoms with E-state index in [1.54, 1.807) is 6.07 Å². The van der Waals surface area contributed by atoms with E-state index in [4.69, 9.17) is 23.2 Å². The van der Waals surface area contributed by atoms with Crippen molar-refractivity contribution in [3.8, 4) is 0 Å². The molecule has 1 heterocycles. The van der Waals surface area contributed by atoms with Crippen molar-refractivity contribution < 1.29 is 4.79 Å². The Bertz CT molecular complexity index is 789. The molecular formula is C17H18Cl2N4O. The third-order valence-electron chi connectivity index (χ3n) is 4.95. The van der Waals surface area contributed by atoms with Crippen molar-refractivity contribution in [1.29, 1.82) is 0 Å². The molecule has 0 aliphatic heterocycles. The average Bonchev–Trinajstić information content (AvgIpc) is 3.18. The Morgan fingerprint density at radius 2 is 2.08 bits per heavy atom. The minimum atomic E-state index is -0.129. The summed E-state index contributed by atoms with van der Waals surface area (Å²) in [5, 5.41) is 14.4. The van der Waals surface area contributed by atoms with Crippen LogP contribution < -0.4 is 10.6 Å². The molecule has 1 aromatic heterocycles. The summed E-state index contributed by atoms with van der Waals surface area (Å²) in [7, 11) is 0. The van der Waals surface area contributed by atoms with E-state index in [1.807, 2.05) is 12.3 Å². The summed E-state index contributed by atoms with van der Waals surface area (Å²) >= 11 is 12.3. The highest BCUT2D eigenvalue weighted by atomic mass is 35.5. The molecule has 3 N–H and O–H groups in total. The number of aromatic amines is 1. The Morgan fingerprint density at radius 1 is 1.21 bits per heavy atom. The molecule has 2 amide bonds. The number of hydrogen-bond donors (Lipinski definition) is 3. The molecule has 0 spiro atoms. The van der Waals surface area contributed by atoms with Gasteiger partial charge in [-0.15, -0.1) is 0 Å². The Morgan fingerprint density at radius 3 is 2.96 bits per heavy atom. The van der Waals surface area contributed by atoms with Gasteiger partial charge < -0.3 is 10.6 Å². The summed E-state index contributed by atoms with van der Waals surface area (Å²) in [5.41, 5.74) is 4.50. The third kappa shape index (κ3) is 2.87. The number of urea groups is 1. The highest BCUT2D eigenvalue weighted by Crippen LogP contribution is 2.39. The topological polar surface area (TPSA) is 69.8 Å². The zero-order valence-electron chi connectivity index (χ0n) is 13.0. The van der Waals surface area contributed by atoms with Gasteiger partial charge in [0.1, 0.15) is 0 Å². The highest BCUT2D eigenvalue weighted by molar-refractivity contribution is 6.42. The summed E-state index contributed by atoms with van der Waals surface area (Å²) < 4.78 is 0. The van der Waals surface area contributed by atoms with Gasteiger partial charge in [0, 0.05) is 11.7 Å². The Labute approximate surface area is 150 Å². The van der Waals surface area contributed by atoms with Gasteiger partial charge in [-0.05, 0) is 54.9 Å². The van der Waals surface area contributed by atoms with Gasteiger partial charge >= 0.3 is 6.03 Å². The normalized spacial score (nSPS) is 21.9. The fraction of sp³-hybridized carbons (Fsp3) is 0.412. The van der Waals surface area contributed by atoms with E-state index in [0.717, 1.165) is 43.2 Å². The molecule has 0 saturated heterocycles. The number of nitrogens with one attached hydrogen (secondary N) is 3. The molecule has 7 heteroatoms. The first-order chi connectivity index (χ1) is 11.6. The predicted molar refractivity (Wildman–Crippen MR) is 93.6 cm³/mol. The zero-order valence-corrected chi connectivity index (χ0v) is 14.5. The lowest BCUT2D eigenvalue weighted by Crippen LogP contribution is -2.45. The van der Waals surface area contributed by atoms with Crippen LogP contribution >= 0.6 is 23.2 Å². The molecule has 2 aliphatic rings. The number of halogens is 2. The number of rotatable bonds is 2. The van der Waals surface area contributed by atoms with Gasteiger partial charge in [-0.3, -0.25) is 5.10 Å². The molecule has 0 saturated carbocycles. The summed E-state index contributed by atoms with van der Waals surface area (Å²) in [5.74, 6) is 0. The van der Waals surface area contributed by atoms with Crippen LogP contribution in [0.2, 0.25) is 10.0 Å². The molecule has 1 aromatic carbocycles. The minimum absolute atomic E-state index is 0.0113. The second kappa shape index (κ2) is 6.30. The molecule has 2 aliphatic carbocycles. The van der Waals surface area contributed by atoms with Crippen molar-refractivity contribution in [3.05, 3.63) is 50.8 Å². The quantitative estimate of drug-likeness (QED) is 0.762. The average molecular weight is 365 g/mol. The number of nitrogens with zero attached hydrogens (tertiary/aromatic N) is 1. The molecule has 0 fully saturated rings. The van der Waals surface area contributed by atoms with Crippen molar-refractivity contribution in [3.63, 3.8) is 0 Å². The third-order valence-corrected chi connectivity index (χ3v) is 5.79. The van der Waals surface area contributed by atoms with Crippen LogP contribution in [-0.2, 0) is 19.3 Å². The van der Waals surface area contributed by atoms with Crippen LogP contribution in [0.5, 0.6) is 0 Å². The summed E-state index contributed by atoms with van der Waals surface area (Å²) in [4.78, 5) is 12.4. The Hall–Kier alpha value is -1.72. The van der Waals surface area contributed by atoms with Crippen molar-refractivity contribution in [2.24, 2.45) is 0 Å². The van der Waals surface area contributed by atoms with Gasteiger partial charge in [0.2, 0.25) is 0 Å². The first-order valence-corrected chi connectivity index (χ1v) is 8.92. The standard InChI is InChI=1S/C17H18Cl2N4O/c18-13-4-2-11-12(16(13)19)3-6-15(11)22-17(24)21-10-1-5-14-9(7-10)8-20-23-14/h2,4,8,10,15H,1,3,5-7H2,(H,20,23)(H2,21,22,24). The van der Waals surface area contributed by atoms with E-state index >= 15 is 0 Å². The number of fused-ring (bicyclic) bond motifs is 2. The number of amides is 2. The Kier molecular flexibility index (Phi) is 4.14. The smallest absolute Gasteiger partial charge is 0.315 e. The number of hydrogen-bond acceptors (Lipinski definition) is 2. The molecule has 4 rings (SSSR count). The van der Waals surface area contributed by atoms with Crippen molar-refractivity contribution in [2.45, 2.75) is 44.2 Å². The lowest BCUT2D eigenvalue weighted by Gasteiger charge is -2.24. The number of aryl methyl sites for hydroxylation is 1. The van der Waals surface area contributed by atoms with Crippen molar-refractivity contribution >= 4 is 29.2 Å². The summed E-state index contributed by atoms with van der Waals surface area (Å²) in [6.45, 7) is 0. The SMILES string of the molecule is O=C(NC1CCc2[nH]ncc2C1)NC1CCc2c1ccc(Cl)c2Cl. The molecule has 2 aromatic rings. The van der Waals surface area contributed by atoms with Crippen LogP contribution in [0.25, 0.3) is 0 Å². The van der Waals surface area contributed by atoms with Gasteiger partial charge in [-0.2, -0.15) is 5.10 Å². The fourth-order valence-corrected chi connectivity index (χ4v) is 4.15. The van der Waals surface area contributed by atoms with E-state index in [1.165, 1.54) is 11.3 Å². The van der Waals surface area contributed by atoms with Crippen LogP contribution in [-0.4, -0.2) is 22.3 Å². The number of carbonyl (C=O) groups excluding carboxylic acids is 1. The van der Waals surface area contributed by atoms with Crippen LogP contribution in [0, 0.1) is 0 Å². The van der Waals surface area contributed by atoms with Crippen LogP contribution in [0.3, 0.4) is 0 Å². The molecule has 2 atom stereocenters. The van der Waals surface area contributed by atoms with E-state index in [0.29, 0.717) is 10.0 Å². The molecule has 126 valence electrons. The summed E-state index contributed by atoms with van der Waals surface area (Å²) in [6.07, 6.45) is 6.19. The number of aromatic nitrogens is 2. The highest BCUT2D eigenvalue weighted by Gasteiger charge is 2.28. The van der Waals surface area contributed by atoms with Gasteiger partial charge in [0.05, 0.1) is 22.3 Å². The molecule has 24 heavy (non-hydrogen) atoms. The van der Waals surface area contributed by atoms with Crippen LogP contribution in [0.1, 0.15) is 41.3 Å².